The number of aliphatic imine (C=N–C) groups is 1. The zero-order chi connectivity index (χ0) is 18.4. The van der Waals surface area contributed by atoms with E-state index in [0.717, 1.165) is 59.9 Å². The van der Waals surface area contributed by atoms with Crippen molar-refractivity contribution in [3.05, 3.63) is 65.1 Å². The highest BCUT2D eigenvalue weighted by molar-refractivity contribution is 6.11. The van der Waals surface area contributed by atoms with Gasteiger partial charge in [0.1, 0.15) is 11.5 Å². The van der Waals surface area contributed by atoms with Gasteiger partial charge in [-0.25, -0.2) is 4.99 Å². The first-order valence-corrected chi connectivity index (χ1v) is 8.75. The van der Waals surface area contributed by atoms with E-state index in [1.54, 1.807) is 7.11 Å². The minimum Gasteiger partial charge on any atom is -0.494 e. The second-order valence-electron chi connectivity index (χ2n) is 6.22. The van der Waals surface area contributed by atoms with Crippen molar-refractivity contribution in [1.29, 1.82) is 0 Å². The molecule has 0 unspecified atom stereocenters. The van der Waals surface area contributed by atoms with Gasteiger partial charge < -0.3 is 19.8 Å². The fourth-order valence-electron chi connectivity index (χ4n) is 2.91. The van der Waals surface area contributed by atoms with Crippen LogP contribution in [0.25, 0.3) is 6.08 Å². The molecule has 26 heavy (non-hydrogen) atoms. The summed E-state index contributed by atoms with van der Waals surface area (Å²) in [6.45, 7) is 0. The molecule has 0 aromatic carbocycles. The number of nitrogens with zero attached hydrogens (tertiary/aromatic N) is 1. The van der Waals surface area contributed by atoms with Crippen molar-refractivity contribution in [3.63, 3.8) is 0 Å². The molecule has 0 atom stereocenters. The highest BCUT2D eigenvalue weighted by Gasteiger charge is 2.17. The molecule has 6 nitrogen and oxygen atoms in total. The van der Waals surface area contributed by atoms with Crippen LogP contribution in [0, 0.1) is 0 Å². The van der Waals surface area contributed by atoms with Gasteiger partial charge >= 0.3 is 5.97 Å². The highest BCUT2D eigenvalue weighted by atomic mass is 16.5. The maximum Gasteiger partial charge on any atom is 0.303 e. The monoisotopic (exact) mass is 353 g/mol. The summed E-state index contributed by atoms with van der Waals surface area (Å²) >= 11 is 0. The summed E-state index contributed by atoms with van der Waals surface area (Å²) in [6.07, 6.45) is 9.54. The zero-order valence-corrected chi connectivity index (χ0v) is 14.8. The van der Waals surface area contributed by atoms with Crippen LogP contribution in [0.3, 0.4) is 0 Å². The van der Waals surface area contributed by atoms with Gasteiger partial charge in [-0.3, -0.25) is 4.79 Å². The van der Waals surface area contributed by atoms with Gasteiger partial charge in [-0.2, -0.15) is 0 Å². The zero-order valence-electron chi connectivity index (χ0n) is 14.8. The van der Waals surface area contributed by atoms with Crippen molar-refractivity contribution >= 4 is 17.8 Å². The van der Waals surface area contributed by atoms with Crippen molar-refractivity contribution in [1.82, 2.24) is 9.97 Å². The van der Waals surface area contributed by atoms with Crippen molar-refractivity contribution in [2.24, 2.45) is 4.99 Å². The van der Waals surface area contributed by atoms with E-state index in [4.69, 9.17) is 9.84 Å². The number of carboxylic acid groups (broad SMARTS) is 1. The number of allylic oxidation sites excluding steroid dienone is 1. The van der Waals surface area contributed by atoms with Crippen LogP contribution in [0.2, 0.25) is 0 Å². The van der Waals surface area contributed by atoms with Gasteiger partial charge in [0.15, 0.2) is 0 Å². The van der Waals surface area contributed by atoms with E-state index >= 15 is 0 Å². The number of aliphatic carboxylic acids is 1. The Bertz CT molecular complexity index is 842. The highest BCUT2D eigenvalue weighted by Crippen LogP contribution is 2.24. The second kappa shape index (κ2) is 8.38. The number of ether oxygens (including phenoxy) is 1. The molecule has 3 N–H and O–H groups in total. The Balaban J connectivity index is 1.62. The molecule has 2 aromatic heterocycles. The summed E-state index contributed by atoms with van der Waals surface area (Å²) in [5.41, 5.74) is 4.70. The molecule has 3 heterocycles. The van der Waals surface area contributed by atoms with E-state index in [-0.39, 0.29) is 6.42 Å². The van der Waals surface area contributed by atoms with Crippen LogP contribution in [0.1, 0.15) is 42.8 Å². The number of methoxy groups -OCH3 is 1. The molecule has 2 aromatic rings. The van der Waals surface area contributed by atoms with E-state index in [0.29, 0.717) is 0 Å². The van der Waals surface area contributed by atoms with E-state index in [9.17, 15) is 4.79 Å². The van der Waals surface area contributed by atoms with Gasteiger partial charge in [0.2, 0.25) is 0 Å². The Labute approximate surface area is 152 Å². The molecule has 1 aliphatic heterocycles. The lowest BCUT2D eigenvalue weighted by Gasteiger charge is -2.01. The topological polar surface area (TPSA) is 90.5 Å². The minimum absolute atomic E-state index is 0.245. The number of carbonyl (C=O) groups is 1. The predicted molar refractivity (Wildman–Crippen MR) is 101 cm³/mol. The van der Waals surface area contributed by atoms with E-state index in [1.165, 1.54) is 0 Å². The van der Waals surface area contributed by atoms with Crippen molar-refractivity contribution in [2.75, 3.05) is 7.11 Å². The second-order valence-corrected chi connectivity index (χ2v) is 6.22. The van der Waals surface area contributed by atoms with Gasteiger partial charge in [-0.15, -0.1) is 0 Å². The quantitative estimate of drug-likeness (QED) is 0.597. The number of nitrogens with one attached hydrogen (secondary N) is 2. The standard InChI is InChI=1S/C20H23N3O3/c1-26-19-13-17(16-7-5-11-21-16)23-18(19)12-15-10-9-14(22-15)6-3-2-4-8-20(24)25/h5,7,9-13,21-22H,2-4,6,8H2,1H3,(H,24,25)/b18-12+. The number of aromatic amines is 2. The summed E-state index contributed by atoms with van der Waals surface area (Å²) in [7, 11) is 1.64. The van der Waals surface area contributed by atoms with Gasteiger partial charge in [0, 0.05) is 30.1 Å². The Hall–Kier alpha value is -3.02. The molecule has 0 radical (unpaired) electrons. The molecule has 0 amide bonds. The molecule has 0 spiro atoms. The van der Waals surface area contributed by atoms with Crippen LogP contribution >= 0.6 is 0 Å². The summed E-state index contributed by atoms with van der Waals surface area (Å²) < 4.78 is 5.44. The SMILES string of the molecule is COC1=CC(c2ccc[nH]2)=N/C1=C/c1ccc(CCCCCC(=O)O)[nH]1. The van der Waals surface area contributed by atoms with Crippen LogP contribution in [-0.4, -0.2) is 33.9 Å². The molecule has 3 rings (SSSR count). The summed E-state index contributed by atoms with van der Waals surface area (Å²) in [4.78, 5) is 21.7. The number of aryl methyl sites for hydroxylation is 1. The van der Waals surface area contributed by atoms with Gasteiger partial charge in [-0.05, 0) is 49.6 Å². The molecular formula is C20H23N3O3. The van der Waals surface area contributed by atoms with Crippen molar-refractivity contribution in [3.8, 4) is 0 Å². The van der Waals surface area contributed by atoms with E-state index < -0.39 is 5.97 Å². The summed E-state index contributed by atoms with van der Waals surface area (Å²) in [6, 6.07) is 8.00. The predicted octanol–water partition coefficient (Wildman–Crippen LogP) is 3.90. The van der Waals surface area contributed by atoms with Crippen molar-refractivity contribution < 1.29 is 14.6 Å². The number of unbranched alkanes of at least 4 members (excludes halogenated alkanes) is 2. The van der Waals surface area contributed by atoms with Crippen LogP contribution in [0.4, 0.5) is 0 Å². The fourth-order valence-corrected chi connectivity index (χ4v) is 2.91. The number of hydrogen-bond donors (Lipinski definition) is 3. The number of carboxylic acids is 1. The maximum atomic E-state index is 10.5. The average Bonchev–Trinajstić information content (AvgIpc) is 3.35. The van der Waals surface area contributed by atoms with Crippen LogP contribution in [-0.2, 0) is 16.0 Å². The van der Waals surface area contributed by atoms with Gasteiger partial charge in [0.25, 0.3) is 0 Å². The molecule has 1 aliphatic rings. The van der Waals surface area contributed by atoms with Crippen LogP contribution in [0.5, 0.6) is 0 Å². The minimum atomic E-state index is -0.725. The fraction of sp³-hybridized carbons (Fsp3) is 0.300. The molecule has 0 bridgehead atoms. The third-order valence-electron chi connectivity index (χ3n) is 4.25. The first-order valence-electron chi connectivity index (χ1n) is 8.75. The molecule has 0 saturated heterocycles. The van der Waals surface area contributed by atoms with Crippen LogP contribution in [0.15, 0.2) is 53.0 Å². The average molecular weight is 353 g/mol. The molecule has 0 fully saturated rings. The first kappa shape index (κ1) is 17.8. The Kier molecular flexibility index (Phi) is 5.73. The smallest absolute Gasteiger partial charge is 0.303 e. The molecule has 0 saturated carbocycles. The molecular weight excluding hydrogens is 330 g/mol. The third kappa shape index (κ3) is 4.53. The van der Waals surface area contributed by atoms with Crippen molar-refractivity contribution in [2.45, 2.75) is 32.1 Å². The van der Waals surface area contributed by atoms with Gasteiger partial charge in [0.05, 0.1) is 18.5 Å². The number of rotatable bonds is 9. The third-order valence-corrected chi connectivity index (χ3v) is 4.25. The Morgan fingerprint density at radius 1 is 1.27 bits per heavy atom. The van der Waals surface area contributed by atoms with E-state index in [1.807, 2.05) is 36.5 Å². The maximum absolute atomic E-state index is 10.5. The lowest BCUT2D eigenvalue weighted by molar-refractivity contribution is -0.137. The summed E-state index contributed by atoms with van der Waals surface area (Å²) in [5, 5.41) is 8.65. The van der Waals surface area contributed by atoms with Crippen LogP contribution < -0.4 is 0 Å². The Morgan fingerprint density at radius 3 is 2.88 bits per heavy atom. The molecule has 6 heteroatoms. The Morgan fingerprint density at radius 2 is 2.15 bits per heavy atom. The molecule has 136 valence electrons. The number of H-pyrrole nitrogens is 2. The van der Waals surface area contributed by atoms with Gasteiger partial charge in [-0.1, -0.05) is 6.42 Å². The molecule has 0 aliphatic carbocycles. The normalized spacial score (nSPS) is 15.2. The first-order chi connectivity index (χ1) is 12.7. The lowest BCUT2D eigenvalue weighted by atomic mass is 10.1. The number of aromatic nitrogens is 2. The lowest BCUT2D eigenvalue weighted by Crippen LogP contribution is -1.94. The summed E-state index contributed by atoms with van der Waals surface area (Å²) in [5.74, 6) is 0.0102. The number of hydrogen-bond acceptors (Lipinski definition) is 3. The van der Waals surface area contributed by atoms with E-state index in [2.05, 4.69) is 21.0 Å². The largest absolute Gasteiger partial charge is 0.494 e.